The zero-order valence-electron chi connectivity index (χ0n) is 15.1. The number of nitrogens with zero attached hydrogens (tertiary/aromatic N) is 1. The molecular formula is C20H22N2O4. The molecule has 0 aliphatic heterocycles. The van der Waals surface area contributed by atoms with Crippen molar-refractivity contribution in [1.29, 1.82) is 0 Å². The lowest BCUT2D eigenvalue weighted by Crippen LogP contribution is -2.17. The molecule has 0 bridgehead atoms. The molecule has 0 spiro atoms. The molecule has 1 N–H and O–H groups in total. The van der Waals surface area contributed by atoms with Gasteiger partial charge in [0.2, 0.25) is 0 Å². The molecule has 0 saturated carbocycles. The van der Waals surface area contributed by atoms with Crippen LogP contribution in [0.25, 0.3) is 11.6 Å². The van der Waals surface area contributed by atoms with Gasteiger partial charge in [0.15, 0.2) is 0 Å². The number of benzene rings is 1. The zero-order valence-corrected chi connectivity index (χ0v) is 15.1. The first-order valence-electron chi connectivity index (χ1n) is 8.39. The van der Waals surface area contributed by atoms with Crippen molar-refractivity contribution in [1.82, 2.24) is 10.3 Å². The average Bonchev–Trinajstić information content (AvgIpc) is 2.67. The first-order valence-corrected chi connectivity index (χ1v) is 8.39. The summed E-state index contributed by atoms with van der Waals surface area (Å²) in [5.74, 6) is 0.00764. The van der Waals surface area contributed by atoms with E-state index in [4.69, 9.17) is 9.47 Å². The molecule has 6 nitrogen and oxygen atoms in total. The number of pyridine rings is 1. The lowest BCUT2D eigenvalue weighted by Gasteiger charge is -2.08. The van der Waals surface area contributed by atoms with Gasteiger partial charge in [-0.2, -0.15) is 0 Å². The van der Waals surface area contributed by atoms with E-state index in [1.807, 2.05) is 6.92 Å². The maximum Gasteiger partial charge on any atom is 0.340 e. The topological polar surface area (TPSA) is 77.5 Å². The van der Waals surface area contributed by atoms with Gasteiger partial charge in [-0.3, -0.25) is 9.78 Å². The molecule has 6 heteroatoms. The van der Waals surface area contributed by atoms with Gasteiger partial charge in [-0.1, -0.05) is 12.1 Å². The van der Waals surface area contributed by atoms with Crippen LogP contribution in [0.5, 0.6) is 5.75 Å². The Morgan fingerprint density at radius 3 is 2.35 bits per heavy atom. The highest BCUT2D eigenvalue weighted by Gasteiger charge is 2.15. The molecule has 1 aromatic carbocycles. The summed E-state index contributed by atoms with van der Waals surface area (Å²) in [6.45, 7) is 4.45. The van der Waals surface area contributed by atoms with Crippen molar-refractivity contribution in [3.05, 3.63) is 59.4 Å². The highest BCUT2D eigenvalue weighted by atomic mass is 16.5. The molecular weight excluding hydrogens is 332 g/mol. The Morgan fingerprint density at radius 1 is 1.08 bits per heavy atom. The SMILES string of the molecule is CCOC(=O)/C(=C/c1ccc(C(=O)NC)cc1)c1ccc(OCC)cn1. The third kappa shape index (κ3) is 4.92. The first kappa shape index (κ1) is 19.2. The quantitative estimate of drug-likeness (QED) is 0.611. The van der Waals surface area contributed by atoms with Gasteiger partial charge in [-0.15, -0.1) is 0 Å². The van der Waals surface area contributed by atoms with Crippen LogP contribution in [0.2, 0.25) is 0 Å². The second-order valence-corrected chi connectivity index (χ2v) is 5.29. The van der Waals surface area contributed by atoms with Crippen LogP contribution in [0.3, 0.4) is 0 Å². The molecule has 0 fully saturated rings. The van der Waals surface area contributed by atoms with Gasteiger partial charge in [-0.25, -0.2) is 4.79 Å². The van der Waals surface area contributed by atoms with Crippen LogP contribution in [0, 0.1) is 0 Å². The van der Waals surface area contributed by atoms with Gasteiger partial charge in [0.1, 0.15) is 5.75 Å². The summed E-state index contributed by atoms with van der Waals surface area (Å²) in [7, 11) is 1.58. The molecule has 26 heavy (non-hydrogen) atoms. The van der Waals surface area contributed by atoms with E-state index >= 15 is 0 Å². The maximum atomic E-state index is 12.4. The lowest BCUT2D eigenvalue weighted by molar-refractivity contribution is -0.136. The lowest BCUT2D eigenvalue weighted by atomic mass is 10.1. The van der Waals surface area contributed by atoms with Crippen LogP contribution < -0.4 is 10.1 Å². The van der Waals surface area contributed by atoms with E-state index in [2.05, 4.69) is 10.3 Å². The van der Waals surface area contributed by atoms with Crippen molar-refractivity contribution in [3.63, 3.8) is 0 Å². The number of esters is 1. The van der Waals surface area contributed by atoms with Crippen LogP contribution in [-0.2, 0) is 9.53 Å². The number of carbonyl (C=O) groups excluding carboxylic acids is 2. The van der Waals surface area contributed by atoms with Crippen molar-refractivity contribution >= 4 is 23.5 Å². The van der Waals surface area contributed by atoms with E-state index in [1.165, 1.54) is 0 Å². The van der Waals surface area contributed by atoms with Gasteiger partial charge in [0.25, 0.3) is 5.91 Å². The zero-order chi connectivity index (χ0) is 18.9. The highest BCUT2D eigenvalue weighted by Crippen LogP contribution is 2.21. The monoisotopic (exact) mass is 354 g/mol. The minimum atomic E-state index is -0.459. The van der Waals surface area contributed by atoms with Gasteiger partial charge in [0, 0.05) is 12.6 Å². The largest absolute Gasteiger partial charge is 0.492 e. The number of aromatic nitrogens is 1. The number of hydrogen-bond donors (Lipinski definition) is 1. The van der Waals surface area contributed by atoms with Crippen LogP contribution in [0.4, 0.5) is 0 Å². The second-order valence-electron chi connectivity index (χ2n) is 5.29. The maximum absolute atomic E-state index is 12.4. The fourth-order valence-corrected chi connectivity index (χ4v) is 2.28. The third-order valence-electron chi connectivity index (χ3n) is 3.53. The first-order chi connectivity index (χ1) is 12.6. The Bertz CT molecular complexity index is 780. The fourth-order valence-electron chi connectivity index (χ4n) is 2.28. The summed E-state index contributed by atoms with van der Waals surface area (Å²) >= 11 is 0. The summed E-state index contributed by atoms with van der Waals surface area (Å²) in [5, 5.41) is 2.57. The van der Waals surface area contributed by atoms with E-state index in [-0.39, 0.29) is 12.5 Å². The van der Waals surface area contributed by atoms with E-state index in [0.717, 1.165) is 5.56 Å². The standard InChI is InChI=1S/C20H22N2O4/c1-4-25-16-10-11-18(22-13-16)17(20(24)26-5-2)12-14-6-8-15(9-7-14)19(23)21-3/h6-13H,4-5H2,1-3H3,(H,21,23)/b17-12+. The molecule has 0 atom stereocenters. The average molecular weight is 354 g/mol. The molecule has 1 heterocycles. The number of nitrogens with one attached hydrogen (secondary N) is 1. The molecule has 2 rings (SSSR count). The molecule has 1 aromatic heterocycles. The summed E-state index contributed by atoms with van der Waals surface area (Å²) in [4.78, 5) is 28.3. The predicted octanol–water partition coefficient (Wildman–Crippen LogP) is 2.94. The molecule has 0 aliphatic rings. The van der Waals surface area contributed by atoms with Gasteiger partial charge in [0.05, 0.1) is 30.7 Å². The molecule has 0 unspecified atom stereocenters. The molecule has 2 aromatic rings. The predicted molar refractivity (Wildman–Crippen MR) is 99.7 cm³/mol. The Morgan fingerprint density at radius 2 is 1.81 bits per heavy atom. The molecule has 0 aliphatic carbocycles. The summed E-state index contributed by atoms with van der Waals surface area (Å²) in [6.07, 6.45) is 3.26. The third-order valence-corrected chi connectivity index (χ3v) is 3.53. The normalized spacial score (nSPS) is 11.0. The van der Waals surface area contributed by atoms with Crippen molar-refractivity contribution in [2.24, 2.45) is 0 Å². The Hall–Kier alpha value is -3.15. The summed E-state index contributed by atoms with van der Waals surface area (Å²) in [5.41, 5.74) is 2.13. The molecule has 136 valence electrons. The van der Waals surface area contributed by atoms with Crippen LogP contribution in [-0.4, -0.2) is 37.1 Å². The van der Waals surface area contributed by atoms with Crippen molar-refractivity contribution in [2.45, 2.75) is 13.8 Å². The minimum Gasteiger partial charge on any atom is -0.492 e. The van der Waals surface area contributed by atoms with Crippen molar-refractivity contribution in [3.8, 4) is 5.75 Å². The van der Waals surface area contributed by atoms with Gasteiger partial charge >= 0.3 is 5.97 Å². The van der Waals surface area contributed by atoms with E-state index < -0.39 is 5.97 Å². The molecule has 0 saturated heterocycles. The minimum absolute atomic E-state index is 0.167. The Balaban J connectivity index is 2.36. The molecule has 1 amide bonds. The number of carbonyl (C=O) groups is 2. The second kappa shape index (κ2) is 9.36. The van der Waals surface area contributed by atoms with Crippen molar-refractivity contribution in [2.75, 3.05) is 20.3 Å². The Labute approximate surface area is 152 Å². The van der Waals surface area contributed by atoms with Crippen LogP contribution >= 0.6 is 0 Å². The van der Waals surface area contributed by atoms with Crippen molar-refractivity contribution < 1.29 is 19.1 Å². The number of ether oxygens (including phenoxy) is 2. The smallest absolute Gasteiger partial charge is 0.340 e. The van der Waals surface area contributed by atoms with E-state index in [9.17, 15) is 9.59 Å². The number of hydrogen-bond acceptors (Lipinski definition) is 5. The van der Waals surface area contributed by atoms with E-state index in [1.54, 1.807) is 62.6 Å². The number of amides is 1. The van der Waals surface area contributed by atoms with Gasteiger partial charge < -0.3 is 14.8 Å². The summed E-state index contributed by atoms with van der Waals surface area (Å²) < 4.78 is 10.5. The Kier molecular flexibility index (Phi) is 6.91. The van der Waals surface area contributed by atoms with Crippen LogP contribution in [0.15, 0.2) is 42.6 Å². The van der Waals surface area contributed by atoms with Gasteiger partial charge in [-0.05, 0) is 49.8 Å². The highest BCUT2D eigenvalue weighted by molar-refractivity contribution is 6.21. The number of rotatable bonds is 7. The molecule has 0 radical (unpaired) electrons. The van der Waals surface area contributed by atoms with E-state index in [0.29, 0.717) is 29.2 Å². The summed E-state index contributed by atoms with van der Waals surface area (Å²) in [6, 6.07) is 10.4. The fraction of sp³-hybridized carbons (Fsp3) is 0.250. The van der Waals surface area contributed by atoms with Crippen LogP contribution in [0.1, 0.15) is 35.5 Å².